The number of hydrogen-bond donors (Lipinski definition) is 0. The highest BCUT2D eigenvalue weighted by Crippen LogP contribution is 2.65. The molecule has 11 aromatic rings. The van der Waals surface area contributed by atoms with Crippen molar-refractivity contribution in [3.63, 3.8) is 0 Å². The van der Waals surface area contributed by atoms with E-state index in [1.54, 1.807) is 4.90 Å². The summed E-state index contributed by atoms with van der Waals surface area (Å²) in [6.07, 6.45) is 0. The lowest BCUT2D eigenvalue weighted by Crippen LogP contribution is -2.28. The zero-order valence-electron chi connectivity index (χ0n) is 43.1. The van der Waals surface area contributed by atoms with Gasteiger partial charge < -0.3 is 9.80 Å². The Balaban J connectivity index is 0.987. The largest absolute Gasteiger partial charge is 0.310 e. The van der Waals surface area contributed by atoms with Crippen LogP contribution in [0.1, 0.15) is 51.4 Å². The molecule has 0 aromatic heterocycles. The van der Waals surface area contributed by atoms with Crippen LogP contribution in [0.4, 0.5) is 34.1 Å². The first-order chi connectivity index (χ1) is 36.8. The van der Waals surface area contributed by atoms with Gasteiger partial charge >= 0.3 is 0 Å². The van der Waals surface area contributed by atoms with Crippen LogP contribution in [0.15, 0.2) is 279 Å². The molecule has 1 spiro atoms. The number of rotatable bonds is 8. The second-order valence-corrected chi connectivity index (χ2v) is 18.3. The lowest BCUT2D eigenvalue weighted by molar-refractivity contribution is 0.768. The Morgan fingerprint density at radius 2 is 0.686 bits per heavy atom. The maximum Gasteiger partial charge on any atom is 0.0725 e. The predicted molar refractivity (Wildman–Crippen MR) is 289 cm³/mol. The van der Waals surface area contributed by atoms with Crippen LogP contribution < -0.4 is 9.80 Å². The molecule has 0 saturated carbocycles. The fraction of sp³-hybridized carbons (Fsp3) is 0.0294. The van der Waals surface area contributed by atoms with Gasteiger partial charge in [0, 0.05) is 34.0 Å². The Hall–Kier alpha value is -8.98. The molecule has 0 heterocycles. The molecular weight excluding hydrogens is 845 g/mol. The van der Waals surface area contributed by atoms with E-state index in [9.17, 15) is 0 Å². The standard InChI is InChI=1S/C68H46N2/c1-6-23-47(24-7-1)67(48-25-8-2-9-26-48)61-38-21-18-35-56(61)66-64(67)39-22-40-65(66)70(51-31-14-5-15-32-51)53-42-44-63-58(46-53)55-34-17-20-37-60(55)68(63)59-36-19-16-33-54(59)57-45-52(41-43-62(57)68)69(49-27-10-3-11-28-49)50-29-12-4-13-30-50/h1-46H/i3D,10D,11D,27D,28D. The Kier molecular flexibility index (Phi) is 7.95. The van der Waals surface area contributed by atoms with Crippen LogP contribution in [-0.4, -0.2) is 0 Å². The minimum Gasteiger partial charge on any atom is -0.310 e. The van der Waals surface area contributed by atoms with Gasteiger partial charge in [0.15, 0.2) is 0 Å². The molecule has 11 aromatic carbocycles. The summed E-state index contributed by atoms with van der Waals surface area (Å²) >= 11 is 0. The summed E-state index contributed by atoms with van der Waals surface area (Å²) in [5, 5.41) is 0. The van der Waals surface area contributed by atoms with E-state index in [0.717, 1.165) is 44.9 Å². The van der Waals surface area contributed by atoms with E-state index in [0.29, 0.717) is 11.4 Å². The Bertz CT molecular complexity index is 4020. The topological polar surface area (TPSA) is 6.48 Å². The third-order valence-electron chi connectivity index (χ3n) is 15.0. The maximum atomic E-state index is 9.12. The average Bonchev–Trinajstić information content (AvgIpc) is 4.18. The van der Waals surface area contributed by atoms with Crippen LogP contribution in [0.5, 0.6) is 0 Å². The average molecular weight is 896 g/mol. The third-order valence-corrected chi connectivity index (χ3v) is 15.0. The van der Waals surface area contributed by atoms with E-state index < -0.39 is 16.9 Å². The van der Waals surface area contributed by atoms with E-state index in [2.05, 4.69) is 217 Å². The highest BCUT2D eigenvalue weighted by molar-refractivity contribution is 6.00. The van der Waals surface area contributed by atoms with Gasteiger partial charge in [0.25, 0.3) is 0 Å². The van der Waals surface area contributed by atoms with Gasteiger partial charge in [-0.1, -0.05) is 212 Å². The molecule has 2 nitrogen and oxygen atoms in total. The van der Waals surface area contributed by atoms with E-state index in [1.807, 2.05) is 36.4 Å². The molecule has 0 fully saturated rings. The van der Waals surface area contributed by atoms with Gasteiger partial charge in [0.05, 0.1) is 23.4 Å². The lowest BCUT2D eigenvalue weighted by Gasteiger charge is -2.34. The van der Waals surface area contributed by atoms with Crippen molar-refractivity contribution in [2.24, 2.45) is 0 Å². The van der Waals surface area contributed by atoms with Crippen LogP contribution in [0.3, 0.4) is 0 Å². The molecule has 3 aliphatic rings. The Morgan fingerprint density at radius 3 is 1.23 bits per heavy atom. The molecule has 0 N–H and O–H groups in total. The maximum absolute atomic E-state index is 9.12. The molecule has 1 atom stereocenters. The predicted octanol–water partition coefficient (Wildman–Crippen LogP) is 17.3. The lowest BCUT2D eigenvalue weighted by atomic mass is 9.68. The van der Waals surface area contributed by atoms with Gasteiger partial charge in [-0.25, -0.2) is 0 Å². The number of anilines is 6. The van der Waals surface area contributed by atoms with Gasteiger partial charge in [-0.05, 0) is 139 Å². The van der Waals surface area contributed by atoms with Crippen LogP contribution in [0, 0.1) is 0 Å². The second-order valence-electron chi connectivity index (χ2n) is 18.3. The first-order valence-electron chi connectivity index (χ1n) is 26.4. The SMILES string of the molecule is [2H]c1c([2H])c([2H])c(N(c2ccccc2)c2ccc3c(c2)-c2ccccc2C32c3ccccc3-c3cc(N(c4ccccc4)c4cccc5c4-c4ccccc4C5(c4ccccc4)c4ccccc4)ccc32)c([2H])c1[2H]. The van der Waals surface area contributed by atoms with Crippen molar-refractivity contribution in [2.45, 2.75) is 10.8 Å². The zero-order chi connectivity index (χ0) is 50.6. The molecule has 328 valence electrons. The molecule has 0 bridgehead atoms. The molecule has 0 amide bonds. The van der Waals surface area contributed by atoms with Crippen LogP contribution in [0.25, 0.3) is 33.4 Å². The van der Waals surface area contributed by atoms with Crippen molar-refractivity contribution in [1.82, 2.24) is 0 Å². The van der Waals surface area contributed by atoms with Gasteiger partial charge in [-0.15, -0.1) is 0 Å². The summed E-state index contributed by atoms with van der Waals surface area (Å²) in [7, 11) is 0. The summed E-state index contributed by atoms with van der Waals surface area (Å²) in [5.41, 5.74) is 19.8. The summed E-state index contributed by atoms with van der Waals surface area (Å²) < 4.78 is 44.0. The molecule has 0 radical (unpaired) electrons. The van der Waals surface area contributed by atoms with Crippen molar-refractivity contribution >= 4 is 34.1 Å². The van der Waals surface area contributed by atoms with Crippen molar-refractivity contribution in [3.05, 3.63) is 323 Å². The summed E-state index contributed by atoms with van der Waals surface area (Å²) in [5.74, 6) is 0. The van der Waals surface area contributed by atoms with E-state index in [1.165, 1.54) is 50.1 Å². The molecule has 0 aliphatic heterocycles. The van der Waals surface area contributed by atoms with Crippen molar-refractivity contribution in [2.75, 3.05) is 9.80 Å². The third kappa shape index (κ3) is 5.62. The molecule has 70 heavy (non-hydrogen) atoms. The quantitative estimate of drug-likeness (QED) is 0.150. The Labute approximate surface area is 416 Å². The molecule has 0 saturated heterocycles. The second kappa shape index (κ2) is 15.8. The monoisotopic (exact) mass is 895 g/mol. The highest BCUT2D eigenvalue weighted by Gasteiger charge is 2.52. The van der Waals surface area contributed by atoms with Crippen LogP contribution in [-0.2, 0) is 10.8 Å². The Morgan fingerprint density at radius 1 is 0.271 bits per heavy atom. The van der Waals surface area contributed by atoms with Gasteiger partial charge in [-0.2, -0.15) is 0 Å². The molecule has 3 aliphatic carbocycles. The first-order valence-corrected chi connectivity index (χ1v) is 23.9. The highest BCUT2D eigenvalue weighted by atomic mass is 15.1. The normalized spacial score (nSPS) is 16.0. The smallest absolute Gasteiger partial charge is 0.0725 e. The zero-order valence-corrected chi connectivity index (χ0v) is 38.1. The van der Waals surface area contributed by atoms with E-state index in [4.69, 9.17) is 6.85 Å². The van der Waals surface area contributed by atoms with Crippen molar-refractivity contribution in [3.8, 4) is 33.4 Å². The van der Waals surface area contributed by atoms with Gasteiger partial charge in [0.2, 0.25) is 0 Å². The summed E-state index contributed by atoms with van der Waals surface area (Å²) in [6.45, 7) is 0. The fourth-order valence-electron chi connectivity index (χ4n) is 12.4. The van der Waals surface area contributed by atoms with Crippen LogP contribution >= 0.6 is 0 Å². The summed E-state index contributed by atoms with van der Waals surface area (Å²) in [6, 6.07) is 87.1. The van der Waals surface area contributed by atoms with E-state index in [-0.39, 0.29) is 29.9 Å². The summed E-state index contributed by atoms with van der Waals surface area (Å²) in [4.78, 5) is 4.24. The van der Waals surface area contributed by atoms with Gasteiger partial charge in [0.1, 0.15) is 0 Å². The van der Waals surface area contributed by atoms with Crippen molar-refractivity contribution < 1.29 is 6.85 Å². The van der Waals surface area contributed by atoms with Crippen molar-refractivity contribution in [1.29, 1.82) is 0 Å². The molecular formula is C68H46N2. The number of nitrogens with zero attached hydrogens (tertiary/aromatic N) is 2. The molecule has 2 heteroatoms. The van der Waals surface area contributed by atoms with Crippen LogP contribution in [0.2, 0.25) is 0 Å². The number of fused-ring (bicyclic) bond motifs is 13. The minimum absolute atomic E-state index is 0.0959. The van der Waals surface area contributed by atoms with E-state index >= 15 is 0 Å². The molecule has 14 rings (SSSR count). The minimum atomic E-state index is -0.682. The fourth-order valence-corrected chi connectivity index (χ4v) is 12.4. The number of hydrogen-bond acceptors (Lipinski definition) is 2. The first kappa shape index (κ1) is 35.2. The molecule has 1 unspecified atom stereocenters. The van der Waals surface area contributed by atoms with Gasteiger partial charge in [-0.3, -0.25) is 0 Å². The number of para-hydroxylation sites is 3. The number of benzene rings is 11.